The number of hydrogen-bond acceptors (Lipinski definition) is 11. The van der Waals surface area contributed by atoms with Crippen molar-refractivity contribution in [1.82, 2.24) is 24.6 Å². The van der Waals surface area contributed by atoms with Crippen LogP contribution in [0.3, 0.4) is 0 Å². The molecule has 0 aliphatic heterocycles. The van der Waals surface area contributed by atoms with Crippen LogP contribution in [0, 0.1) is 5.92 Å². The number of anilines is 1. The number of aliphatic hydroxyl groups is 2. The van der Waals surface area contributed by atoms with Crippen molar-refractivity contribution in [2.75, 3.05) is 26.1 Å². The van der Waals surface area contributed by atoms with Gasteiger partial charge in [-0.15, -0.1) is 0 Å². The Morgan fingerprint density at radius 2 is 2.05 bits per heavy atom. The van der Waals surface area contributed by atoms with Gasteiger partial charge in [0.1, 0.15) is 18.1 Å². The molecule has 2 heterocycles. The van der Waals surface area contributed by atoms with Gasteiger partial charge in [0.15, 0.2) is 16.9 Å². The van der Waals surface area contributed by atoms with Gasteiger partial charge in [-0.2, -0.15) is 4.98 Å². The Labute approximate surface area is 217 Å². The normalized spacial score (nSPS) is 21.8. The number of ether oxygens (including phenoxy) is 1. The van der Waals surface area contributed by atoms with E-state index in [2.05, 4.69) is 26.6 Å². The number of H-pyrrole nitrogens is 1. The average molecular weight is 548 g/mol. The summed E-state index contributed by atoms with van der Waals surface area (Å²) < 4.78 is 31.7. The lowest BCUT2D eigenvalue weighted by Crippen LogP contribution is -2.36. The molecular weight excluding hydrogens is 519 g/mol. The highest BCUT2D eigenvalue weighted by atomic mass is 31.2. The predicted octanol–water partition coefficient (Wildman–Crippen LogP) is 0.932. The summed E-state index contributed by atoms with van der Waals surface area (Å²) in [6.45, 7) is 4.46. The fraction of sp³-hybridized carbons (Fsp3) is 0.391. The number of rotatable bonds is 11. The molecule has 0 amide bonds. The molecule has 4 rings (SSSR count). The van der Waals surface area contributed by atoms with Crippen LogP contribution in [0.4, 0.5) is 5.95 Å². The Kier molecular flexibility index (Phi) is 7.99. The maximum atomic E-state index is 13.7. The van der Waals surface area contributed by atoms with Crippen LogP contribution in [0.5, 0.6) is 11.5 Å². The molecule has 0 radical (unpaired) electrons. The molecule has 14 nitrogen and oxygen atoms in total. The van der Waals surface area contributed by atoms with E-state index in [1.54, 1.807) is 16.7 Å². The van der Waals surface area contributed by atoms with Gasteiger partial charge in [0.25, 0.3) is 5.56 Å². The molecule has 0 spiro atoms. The third-order valence-corrected chi connectivity index (χ3v) is 7.96. The number of aliphatic hydroxyl groups excluding tert-OH is 2. The number of fused-ring (bicyclic) bond motifs is 1. The molecule has 0 unspecified atom stereocenters. The van der Waals surface area contributed by atoms with Crippen molar-refractivity contribution in [2.24, 2.45) is 5.92 Å². The molecular formula is C23H29N6O8P. The van der Waals surface area contributed by atoms with Gasteiger partial charge in [-0.3, -0.25) is 19.1 Å². The fourth-order valence-corrected chi connectivity index (χ4v) is 5.76. The first-order valence-corrected chi connectivity index (χ1v) is 13.2. The predicted molar refractivity (Wildman–Crippen MR) is 137 cm³/mol. The lowest BCUT2D eigenvalue weighted by Gasteiger charge is -2.25. The van der Waals surface area contributed by atoms with Crippen LogP contribution >= 0.6 is 7.75 Å². The molecule has 5 atom stereocenters. The highest BCUT2D eigenvalue weighted by molar-refractivity contribution is 7.52. The first kappa shape index (κ1) is 27.5. The van der Waals surface area contributed by atoms with Crippen LogP contribution in [0.1, 0.15) is 19.4 Å². The van der Waals surface area contributed by atoms with Crippen LogP contribution in [0.15, 0.2) is 47.5 Å². The van der Waals surface area contributed by atoms with Gasteiger partial charge >= 0.3 is 7.75 Å². The zero-order valence-corrected chi connectivity index (χ0v) is 21.6. The minimum absolute atomic E-state index is 0.0810. The number of carbonyl (C=O) groups excluding carboxylic acids is 1. The summed E-state index contributed by atoms with van der Waals surface area (Å²) in [7, 11) is -2.70. The molecule has 2 aromatic heterocycles. The van der Waals surface area contributed by atoms with Gasteiger partial charge < -0.3 is 29.8 Å². The van der Waals surface area contributed by atoms with Gasteiger partial charge in [-0.05, 0) is 43.2 Å². The number of nitrogens with two attached hydrogens (primary N) is 1. The van der Waals surface area contributed by atoms with Crippen molar-refractivity contribution in [2.45, 2.75) is 31.5 Å². The second-order valence-electron chi connectivity index (χ2n) is 8.81. The van der Waals surface area contributed by atoms with Gasteiger partial charge in [0.05, 0.1) is 38.2 Å². The number of carbonyl (C=O) groups is 1. The fourth-order valence-electron chi connectivity index (χ4n) is 4.21. The van der Waals surface area contributed by atoms with Crippen LogP contribution in [-0.4, -0.2) is 68.0 Å². The quantitative estimate of drug-likeness (QED) is 0.168. The minimum atomic E-state index is -4.19. The highest BCUT2D eigenvalue weighted by Crippen LogP contribution is 2.48. The molecule has 204 valence electrons. The molecule has 6 N–H and O–H groups in total. The Morgan fingerprint density at radius 3 is 2.71 bits per heavy atom. The van der Waals surface area contributed by atoms with E-state index in [-0.39, 0.29) is 35.9 Å². The smallest absolute Gasteiger partial charge is 0.459 e. The molecule has 1 aromatic carbocycles. The standard InChI is InChI=1S/C23H29N6O8P/c1-12-16(18(31)8-17(12)29-11-25-20-21(29)26-23(24)27-22(20)33)10-36-38(34,28-13(2)19(32)9-30)37-15-6-4-14(35-3)5-7-15/h4-7,11,13,16-18,30-31H,1,8-10H2,2-3H3,(H,28,34)(H3,24,26,27,33)/t13-,16-,17-,18-,38-/m0/s1. The summed E-state index contributed by atoms with van der Waals surface area (Å²) in [5.74, 6) is -0.664. The van der Waals surface area contributed by atoms with E-state index < -0.39 is 49.8 Å². The van der Waals surface area contributed by atoms with E-state index in [9.17, 15) is 24.4 Å². The van der Waals surface area contributed by atoms with Crippen LogP contribution in [0.2, 0.25) is 0 Å². The number of nitrogens with one attached hydrogen (secondary N) is 2. The molecule has 1 fully saturated rings. The van der Waals surface area contributed by atoms with Crippen molar-refractivity contribution in [3.05, 3.63) is 53.1 Å². The number of ketones is 1. The van der Waals surface area contributed by atoms with E-state index in [0.29, 0.717) is 11.3 Å². The summed E-state index contributed by atoms with van der Waals surface area (Å²) in [4.78, 5) is 34.8. The lowest BCUT2D eigenvalue weighted by molar-refractivity contribution is -0.123. The number of Topliss-reactive ketones (excluding diaryl/α,β-unsaturated/α-hetero) is 1. The van der Waals surface area contributed by atoms with Crippen molar-refractivity contribution in [3.63, 3.8) is 0 Å². The number of imidazole rings is 1. The average Bonchev–Trinajstić information content (AvgIpc) is 3.42. The van der Waals surface area contributed by atoms with E-state index in [1.807, 2.05) is 0 Å². The molecule has 15 heteroatoms. The zero-order chi connectivity index (χ0) is 27.6. The second kappa shape index (κ2) is 11.1. The van der Waals surface area contributed by atoms with Crippen molar-refractivity contribution >= 4 is 30.6 Å². The van der Waals surface area contributed by atoms with Gasteiger partial charge in [-0.1, -0.05) is 6.58 Å². The molecule has 0 saturated heterocycles. The Morgan fingerprint density at radius 1 is 1.37 bits per heavy atom. The second-order valence-corrected chi connectivity index (χ2v) is 10.5. The SMILES string of the molecule is C=C1[C@H](CO[P@@](=O)(N[C@@H](C)C(=O)CO)Oc2ccc(OC)cc2)[C@@H](O)C[C@@H]1n1cnc2c(=O)[nH]c(N)nc21. The van der Waals surface area contributed by atoms with Crippen molar-refractivity contribution in [1.29, 1.82) is 0 Å². The van der Waals surface area contributed by atoms with E-state index >= 15 is 0 Å². The van der Waals surface area contributed by atoms with Crippen molar-refractivity contribution < 1.29 is 33.4 Å². The molecule has 1 aliphatic carbocycles. The number of hydrogen-bond donors (Lipinski definition) is 5. The van der Waals surface area contributed by atoms with Crippen LogP contribution in [-0.2, 0) is 13.9 Å². The number of nitrogens with zero attached hydrogens (tertiary/aromatic N) is 3. The topological polar surface area (TPSA) is 204 Å². The van der Waals surface area contributed by atoms with Crippen LogP contribution < -0.4 is 25.6 Å². The number of nitrogen functional groups attached to an aromatic ring is 1. The van der Waals surface area contributed by atoms with Crippen LogP contribution in [0.25, 0.3) is 11.2 Å². The number of methoxy groups -OCH3 is 1. The number of aromatic amines is 1. The summed E-state index contributed by atoms with van der Waals surface area (Å²) in [6, 6.07) is 4.66. The third kappa shape index (κ3) is 5.64. The third-order valence-electron chi connectivity index (χ3n) is 6.32. The number of benzene rings is 1. The highest BCUT2D eigenvalue weighted by Gasteiger charge is 2.41. The minimum Gasteiger partial charge on any atom is -0.497 e. The summed E-state index contributed by atoms with van der Waals surface area (Å²) in [6.07, 6.45) is 0.665. The monoisotopic (exact) mass is 548 g/mol. The largest absolute Gasteiger partial charge is 0.497 e. The molecule has 0 bridgehead atoms. The van der Waals surface area contributed by atoms with Gasteiger partial charge in [-0.25, -0.2) is 14.6 Å². The summed E-state index contributed by atoms with van der Waals surface area (Å²) in [5.41, 5.74) is 6.04. The Bertz CT molecular complexity index is 1440. The summed E-state index contributed by atoms with van der Waals surface area (Å²) in [5, 5.41) is 22.5. The first-order chi connectivity index (χ1) is 18.0. The van der Waals surface area contributed by atoms with Crippen molar-refractivity contribution in [3.8, 4) is 11.5 Å². The van der Waals surface area contributed by atoms with E-state index in [0.717, 1.165) is 0 Å². The molecule has 1 aliphatic rings. The van der Waals surface area contributed by atoms with Gasteiger partial charge in [0, 0.05) is 5.92 Å². The first-order valence-electron chi connectivity index (χ1n) is 11.6. The van der Waals surface area contributed by atoms with E-state index in [1.165, 1.54) is 32.5 Å². The summed E-state index contributed by atoms with van der Waals surface area (Å²) >= 11 is 0. The van der Waals surface area contributed by atoms with E-state index in [4.69, 9.17) is 19.5 Å². The molecule has 38 heavy (non-hydrogen) atoms. The Balaban J connectivity index is 1.54. The zero-order valence-electron chi connectivity index (χ0n) is 20.7. The number of aromatic nitrogens is 4. The lowest BCUT2D eigenvalue weighted by atomic mass is 10.0. The molecule has 3 aromatic rings. The Hall–Kier alpha value is -3.55. The van der Waals surface area contributed by atoms with Gasteiger partial charge in [0.2, 0.25) is 5.95 Å². The maximum Gasteiger partial charge on any atom is 0.459 e. The molecule has 1 saturated carbocycles. The maximum absolute atomic E-state index is 13.7.